The fraction of sp³-hybridized carbons (Fsp3) is 0.500. The van der Waals surface area contributed by atoms with Gasteiger partial charge in [0.1, 0.15) is 0 Å². The summed E-state index contributed by atoms with van der Waals surface area (Å²) < 4.78 is 37.8. The quantitative estimate of drug-likeness (QED) is 0.618. The van der Waals surface area contributed by atoms with Gasteiger partial charge in [-0.05, 0) is 38.7 Å². The van der Waals surface area contributed by atoms with E-state index in [9.17, 15) is 13.6 Å². The Labute approximate surface area is 134 Å². The molecule has 0 N–H and O–H groups in total. The predicted octanol–water partition coefficient (Wildman–Crippen LogP) is 4.12. The third kappa shape index (κ3) is 2.96. The molecule has 23 heavy (non-hydrogen) atoms. The van der Waals surface area contributed by atoms with Crippen molar-refractivity contribution in [1.82, 2.24) is 0 Å². The van der Waals surface area contributed by atoms with E-state index in [2.05, 4.69) is 0 Å². The summed E-state index contributed by atoms with van der Waals surface area (Å²) in [6.45, 7) is 2.07. The highest BCUT2D eigenvalue weighted by Gasteiger charge is 2.41. The molecule has 124 valence electrons. The highest BCUT2D eigenvalue weighted by atomic mass is 19.2. The first-order chi connectivity index (χ1) is 11.1. The van der Waals surface area contributed by atoms with Crippen LogP contribution in [0.1, 0.15) is 44.1 Å². The van der Waals surface area contributed by atoms with Gasteiger partial charge < -0.3 is 9.47 Å². The lowest BCUT2D eigenvalue weighted by molar-refractivity contribution is -0.148. The van der Waals surface area contributed by atoms with Crippen LogP contribution in [0, 0.1) is 17.6 Å². The van der Waals surface area contributed by atoms with Crippen LogP contribution in [0.25, 0.3) is 0 Å². The summed E-state index contributed by atoms with van der Waals surface area (Å²) in [7, 11) is 1.32. The molecule has 0 bridgehead atoms. The van der Waals surface area contributed by atoms with Crippen LogP contribution in [0.15, 0.2) is 23.3 Å². The molecule has 3 nitrogen and oxygen atoms in total. The number of hydrogen-bond acceptors (Lipinski definition) is 3. The van der Waals surface area contributed by atoms with Crippen molar-refractivity contribution in [1.29, 1.82) is 0 Å². The Hall–Kier alpha value is -1.91. The molecule has 0 spiro atoms. The molecule has 2 saturated carbocycles. The number of esters is 1. The van der Waals surface area contributed by atoms with Gasteiger partial charge in [-0.15, -0.1) is 0 Å². The number of allylic oxidation sites excluding steroid dienone is 2. The van der Waals surface area contributed by atoms with Crippen LogP contribution in [-0.4, -0.2) is 19.7 Å². The Morgan fingerprint density at radius 3 is 2.57 bits per heavy atom. The molecular formula is C18H20F2O3. The topological polar surface area (TPSA) is 35.5 Å². The van der Waals surface area contributed by atoms with Crippen LogP contribution in [0.4, 0.5) is 8.78 Å². The minimum absolute atomic E-state index is 0.105. The van der Waals surface area contributed by atoms with Gasteiger partial charge >= 0.3 is 5.97 Å². The summed E-state index contributed by atoms with van der Waals surface area (Å²) in [5.41, 5.74) is 3.20. The second kappa shape index (κ2) is 6.30. The standard InChI is InChI=1S/C18H20F2O3/c1-3-23-18(21)14-9-11(10-4-5-10)8-13(14)12-6-7-15(19)16(20)17(12)22-2/h6-7,13-14H,3-5,8-9H2,1-2H3/t13-,14+/m0/s1. The maximum atomic E-state index is 14.0. The average molecular weight is 322 g/mol. The summed E-state index contributed by atoms with van der Waals surface area (Å²) in [4.78, 5) is 12.3. The molecular weight excluding hydrogens is 302 g/mol. The van der Waals surface area contributed by atoms with Crippen LogP contribution >= 0.6 is 0 Å². The van der Waals surface area contributed by atoms with E-state index < -0.39 is 11.6 Å². The highest BCUT2D eigenvalue weighted by Crippen LogP contribution is 2.51. The van der Waals surface area contributed by atoms with Crippen molar-refractivity contribution in [3.8, 4) is 5.75 Å². The molecule has 0 radical (unpaired) electrons. The number of carbonyl (C=O) groups is 1. The van der Waals surface area contributed by atoms with Crippen molar-refractivity contribution >= 4 is 5.97 Å². The van der Waals surface area contributed by atoms with Crippen molar-refractivity contribution in [2.24, 2.45) is 5.92 Å². The zero-order valence-electron chi connectivity index (χ0n) is 13.3. The second-order valence-corrected chi connectivity index (χ2v) is 6.06. The Kier molecular flexibility index (Phi) is 4.37. The zero-order chi connectivity index (χ0) is 16.6. The van der Waals surface area contributed by atoms with Crippen LogP contribution in [0.5, 0.6) is 5.75 Å². The maximum absolute atomic E-state index is 14.0. The van der Waals surface area contributed by atoms with Gasteiger partial charge in [-0.3, -0.25) is 4.79 Å². The smallest absolute Gasteiger partial charge is 0.309 e. The first-order valence-corrected chi connectivity index (χ1v) is 7.95. The molecule has 2 aliphatic rings. The first kappa shape index (κ1) is 16.0. The van der Waals surface area contributed by atoms with Crippen molar-refractivity contribution in [3.05, 3.63) is 40.5 Å². The summed E-state index contributed by atoms with van der Waals surface area (Å²) in [6.07, 6.45) is 3.47. The molecule has 1 aromatic carbocycles. The maximum Gasteiger partial charge on any atom is 0.309 e. The molecule has 5 heteroatoms. The van der Waals surface area contributed by atoms with Gasteiger partial charge in [-0.1, -0.05) is 17.2 Å². The van der Waals surface area contributed by atoms with E-state index in [-0.39, 0.29) is 23.6 Å². The largest absolute Gasteiger partial charge is 0.493 e. The number of halogens is 2. The van der Waals surface area contributed by atoms with Crippen molar-refractivity contribution in [2.75, 3.05) is 13.7 Å². The summed E-state index contributed by atoms with van der Waals surface area (Å²) in [5.74, 6) is -2.93. The van der Waals surface area contributed by atoms with Crippen molar-refractivity contribution in [3.63, 3.8) is 0 Å². The van der Waals surface area contributed by atoms with E-state index >= 15 is 0 Å². The zero-order valence-corrected chi connectivity index (χ0v) is 13.3. The molecule has 2 fully saturated rings. The lowest BCUT2D eigenvalue weighted by Gasteiger charge is -2.20. The SMILES string of the molecule is CCOC(=O)[C@@H]1CC(=C2CC2)C[C@H]1c1ccc(F)c(F)c1OC. The third-order valence-corrected chi connectivity index (χ3v) is 4.69. The number of methoxy groups -OCH3 is 1. The summed E-state index contributed by atoms with van der Waals surface area (Å²) >= 11 is 0. The molecule has 0 heterocycles. The molecule has 0 aliphatic heterocycles. The number of ether oxygens (including phenoxy) is 2. The Bertz CT molecular complexity index is 660. The van der Waals surface area contributed by atoms with Crippen molar-refractivity contribution in [2.45, 2.75) is 38.5 Å². The van der Waals surface area contributed by atoms with Gasteiger partial charge in [0.25, 0.3) is 0 Å². The van der Waals surface area contributed by atoms with E-state index in [1.165, 1.54) is 24.3 Å². The second-order valence-electron chi connectivity index (χ2n) is 6.06. The van der Waals surface area contributed by atoms with Gasteiger partial charge in [0.2, 0.25) is 5.82 Å². The average Bonchev–Trinajstić information content (AvgIpc) is 3.29. The molecule has 3 rings (SSSR count). The van der Waals surface area contributed by atoms with E-state index in [1.54, 1.807) is 6.92 Å². The van der Waals surface area contributed by atoms with Gasteiger partial charge in [-0.25, -0.2) is 4.39 Å². The fourth-order valence-corrected chi connectivity index (χ4v) is 3.47. The van der Waals surface area contributed by atoms with Gasteiger partial charge in [0.15, 0.2) is 11.6 Å². The van der Waals surface area contributed by atoms with Crippen LogP contribution < -0.4 is 4.74 Å². The van der Waals surface area contributed by atoms with E-state index in [4.69, 9.17) is 9.47 Å². The molecule has 2 aliphatic carbocycles. The van der Waals surface area contributed by atoms with E-state index in [0.29, 0.717) is 25.0 Å². The molecule has 0 unspecified atom stereocenters. The number of hydrogen-bond donors (Lipinski definition) is 0. The minimum atomic E-state index is -1.000. The lowest BCUT2D eigenvalue weighted by Crippen LogP contribution is -2.21. The van der Waals surface area contributed by atoms with Crippen LogP contribution in [-0.2, 0) is 9.53 Å². The number of carbonyl (C=O) groups excluding carboxylic acids is 1. The van der Waals surface area contributed by atoms with Crippen LogP contribution in [0.2, 0.25) is 0 Å². The minimum Gasteiger partial charge on any atom is -0.493 e. The van der Waals surface area contributed by atoms with Crippen LogP contribution in [0.3, 0.4) is 0 Å². The van der Waals surface area contributed by atoms with Crippen molar-refractivity contribution < 1.29 is 23.0 Å². The third-order valence-electron chi connectivity index (χ3n) is 4.69. The summed E-state index contributed by atoms with van der Waals surface area (Å²) in [5, 5.41) is 0. The Morgan fingerprint density at radius 2 is 1.96 bits per heavy atom. The Balaban J connectivity index is 2.00. The van der Waals surface area contributed by atoms with Gasteiger partial charge in [-0.2, -0.15) is 4.39 Å². The molecule has 0 aromatic heterocycles. The monoisotopic (exact) mass is 322 g/mol. The van der Waals surface area contributed by atoms with Gasteiger partial charge in [0, 0.05) is 11.5 Å². The van der Waals surface area contributed by atoms with Gasteiger partial charge in [0.05, 0.1) is 19.6 Å². The molecule has 0 amide bonds. The number of rotatable bonds is 4. The first-order valence-electron chi connectivity index (χ1n) is 7.95. The molecule has 2 atom stereocenters. The lowest BCUT2D eigenvalue weighted by atomic mass is 9.88. The molecule has 1 aromatic rings. The normalized spacial score (nSPS) is 23.1. The Morgan fingerprint density at radius 1 is 1.22 bits per heavy atom. The van der Waals surface area contributed by atoms with E-state index in [0.717, 1.165) is 18.9 Å². The number of benzene rings is 1. The van der Waals surface area contributed by atoms with E-state index in [1.807, 2.05) is 0 Å². The highest BCUT2D eigenvalue weighted by molar-refractivity contribution is 5.75. The summed E-state index contributed by atoms with van der Waals surface area (Å²) in [6, 6.07) is 2.62. The molecule has 0 saturated heterocycles. The fourth-order valence-electron chi connectivity index (χ4n) is 3.47. The predicted molar refractivity (Wildman–Crippen MR) is 81.3 cm³/mol.